The smallest absolute Gasteiger partial charge is 0.352 e. The minimum Gasteiger partial charge on any atom is -0.479 e. The van der Waals surface area contributed by atoms with Crippen molar-refractivity contribution < 1.29 is 34.2 Å². The van der Waals surface area contributed by atoms with Crippen molar-refractivity contribution in [1.29, 1.82) is 5.41 Å². The molecule has 1 fully saturated rings. The first kappa shape index (κ1) is 30.0. The second kappa shape index (κ2) is 12.7. The third-order valence-electron chi connectivity index (χ3n) is 5.84. The Hall–Kier alpha value is -3.94. The molecule has 0 aliphatic carbocycles. The van der Waals surface area contributed by atoms with Gasteiger partial charge in [0.05, 0.1) is 6.17 Å². The van der Waals surface area contributed by atoms with E-state index in [-0.39, 0.29) is 40.3 Å². The van der Waals surface area contributed by atoms with E-state index < -0.39 is 53.7 Å². The highest BCUT2D eigenvalue weighted by Gasteiger charge is 2.54. The van der Waals surface area contributed by atoms with Gasteiger partial charge in [-0.3, -0.25) is 19.9 Å². The predicted molar refractivity (Wildman–Crippen MR) is 153 cm³/mol. The molecule has 4 heterocycles. The fourth-order valence-electron chi connectivity index (χ4n) is 4.05. The van der Waals surface area contributed by atoms with E-state index in [2.05, 4.69) is 27.0 Å². The third kappa shape index (κ3) is 6.53. The lowest BCUT2D eigenvalue weighted by atomic mass is 10.0. The van der Waals surface area contributed by atoms with Gasteiger partial charge in [-0.1, -0.05) is 23.0 Å². The van der Waals surface area contributed by atoms with Crippen LogP contribution in [0, 0.1) is 5.41 Å². The average Bonchev–Trinajstić information content (AvgIpc) is 3.34. The van der Waals surface area contributed by atoms with Crippen molar-refractivity contribution in [2.24, 2.45) is 15.9 Å². The van der Waals surface area contributed by atoms with Crippen LogP contribution in [0.25, 0.3) is 0 Å². The number of amidine groups is 2. The molecule has 19 heteroatoms. The van der Waals surface area contributed by atoms with Crippen LogP contribution in [0.3, 0.4) is 0 Å². The molecular formula is C22H25N9O7S3. The zero-order chi connectivity index (χ0) is 29.8. The molecule has 3 aliphatic heterocycles. The number of anilines is 1. The number of carbonyl (C=O) groups is 4. The summed E-state index contributed by atoms with van der Waals surface area (Å²) in [6, 6.07) is -1.08. The topological polar surface area (TPSA) is 250 Å². The van der Waals surface area contributed by atoms with E-state index in [9.17, 15) is 24.3 Å². The molecule has 0 aromatic carbocycles. The van der Waals surface area contributed by atoms with Crippen molar-refractivity contribution in [3.8, 4) is 0 Å². The number of aliphatic imine (C=N–C) groups is 1. The van der Waals surface area contributed by atoms with E-state index in [1.54, 1.807) is 11.0 Å². The van der Waals surface area contributed by atoms with Crippen molar-refractivity contribution in [3.63, 3.8) is 0 Å². The molecule has 218 valence electrons. The summed E-state index contributed by atoms with van der Waals surface area (Å²) in [5.41, 5.74) is 11.7. The summed E-state index contributed by atoms with van der Waals surface area (Å²) < 4.78 is 0. The van der Waals surface area contributed by atoms with E-state index >= 15 is 0 Å². The number of rotatable bonds is 11. The Balaban J connectivity index is 1.49. The van der Waals surface area contributed by atoms with Crippen LogP contribution in [0.1, 0.15) is 12.1 Å². The molecule has 0 spiro atoms. The number of carbonyl (C=O) groups excluding carboxylic acids is 2. The van der Waals surface area contributed by atoms with Crippen LogP contribution in [0.2, 0.25) is 0 Å². The highest BCUT2D eigenvalue weighted by molar-refractivity contribution is 8.14. The number of hydrogen-bond acceptors (Lipinski definition) is 14. The van der Waals surface area contributed by atoms with Gasteiger partial charge in [0.2, 0.25) is 6.61 Å². The average molecular weight is 624 g/mol. The summed E-state index contributed by atoms with van der Waals surface area (Å²) in [5.74, 6) is -3.61. The maximum Gasteiger partial charge on any atom is 0.352 e. The maximum atomic E-state index is 13.1. The van der Waals surface area contributed by atoms with Gasteiger partial charge >= 0.3 is 11.9 Å². The van der Waals surface area contributed by atoms with Crippen LogP contribution in [-0.2, 0) is 24.0 Å². The number of nitrogens with two attached hydrogens (primary N) is 2. The number of aromatic nitrogens is 1. The molecule has 3 aliphatic rings. The number of thiazole rings is 1. The van der Waals surface area contributed by atoms with Crippen LogP contribution >= 0.6 is 34.9 Å². The number of thioether (sulfide) groups is 2. The minimum atomic E-state index is -1.32. The highest BCUT2D eigenvalue weighted by atomic mass is 32.2. The Morgan fingerprint density at radius 1 is 1.39 bits per heavy atom. The number of amides is 2. The molecule has 4 rings (SSSR count). The fourth-order valence-corrected chi connectivity index (χ4v) is 7.17. The van der Waals surface area contributed by atoms with Gasteiger partial charge in [0.15, 0.2) is 16.0 Å². The first-order valence-electron chi connectivity index (χ1n) is 11.8. The quantitative estimate of drug-likeness (QED) is 0.0789. The molecule has 0 saturated carbocycles. The summed E-state index contributed by atoms with van der Waals surface area (Å²) in [7, 11) is 0. The lowest BCUT2D eigenvalue weighted by molar-refractivity contribution is -0.150. The molecule has 1 aromatic heterocycles. The van der Waals surface area contributed by atoms with Crippen LogP contribution < -0.4 is 16.8 Å². The van der Waals surface area contributed by atoms with Crippen LogP contribution in [0.4, 0.5) is 5.13 Å². The lowest BCUT2D eigenvalue weighted by Crippen LogP contribution is -2.71. The summed E-state index contributed by atoms with van der Waals surface area (Å²) in [5, 5.41) is 34.1. The SMILES string of the molecule is C=CCN1C(SCC2=C(C(=O)O)N3C(=O)C(NC(=O)C(=NOCC(=O)O)c4csc(N)n4)[C@@H]3SC2)=NC(=N)CC1N. The Morgan fingerprint density at radius 2 is 2.15 bits per heavy atom. The van der Waals surface area contributed by atoms with Gasteiger partial charge in [0, 0.05) is 29.9 Å². The fraction of sp³-hybridized carbons (Fsp3) is 0.364. The Labute approximate surface area is 245 Å². The monoisotopic (exact) mass is 623 g/mol. The molecule has 3 atom stereocenters. The van der Waals surface area contributed by atoms with Crippen molar-refractivity contribution in [3.05, 3.63) is 35.0 Å². The molecule has 41 heavy (non-hydrogen) atoms. The van der Waals surface area contributed by atoms with Gasteiger partial charge in [-0.15, -0.1) is 29.7 Å². The number of nitrogens with zero attached hydrogens (tertiary/aromatic N) is 5. The molecule has 2 amide bonds. The molecule has 1 aromatic rings. The number of fused-ring (bicyclic) bond motifs is 1. The summed E-state index contributed by atoms with van der Waals surface area (Å²) in [6.07, 6.45) is 1.45. The zero-order valence-electron chi connectivity index (χ0n) is 21.2. The second-order valence-corrected chi connectivity index (χ2v) is 11.6. The number of oxime groups is 1. The van der Waals surface area contributed by atoms with Gasteiger partial charge in [0.25, 0.3) is 11.8 Å². The summed E-state index contributed by atoms with van der Waals surface area (Å²) >= 11 is 3.49. The number of β-lactam (4-membered cyclic amide) rings is 1. The standard InChI is InChI=1S/C22H25N9O7S3/c1-2-3-30-12(24)4-11(23)27-22(30)41-7-9-6-39-19-15(18(35)31(19)16(9)20(36)37)28-17(34)14(29-38-5-13(32)33)10-8-40-21(25)26-10/h2,8,12,15,19,23H,1,3-7,24H2,(H2,25,26)(H,28,34)(H,32,33)(H,36,37)/t12?,15?,19-/m0/s1. The van der Waals surface area contributed by atoms with E-state index in [4.69, 9.17) is 26.8 Å². The Bertz CT molecular complexity index is 1390. The number of nitrogens with one attached hydrogen (secondary N) is 2. The predicted octanol–water partition coefficient (Wildman–Crippen LogP) is -0.488. The van der Waals surface area contributed by atoms with E-state index in [0.29, 0.717) is 17.3 Å². The summed E-state index contributed by atoms with van der Waals surface area (Å²) in [4.78, 5) is 65.0. The molecule has 8 N–H and O–H groups in total. The number of carboxylic acids is 2. The van der Waals surface area contributed by atoms with Crippen molar-refractivity contribution >= 4 is 80.5 Å². The van der Waals surface area contributed by atoms with Crippen LogP contribution in [0.5, 0.6) is 0 Å². The number of aliphatic carboxylic acids is 2. The van der Waals surface area contributed by atoms with E-state index in [1.807, 2.05) is 0 Å². The van der Waals surface area contributed by atoms with E-state index in [0.717, 1.165) is 16.2 Å². The largest absolute Gasteiger partial charge is 0.479 e. The zero-order valence-corrected chi connectivity index (χ0v) is 23.6. The first-order valence-corrected chi connectivity index (χ1v) is 14.7. The summed E-state index contributed by atoms with van der Waals surface area (Å²) in [6.45, 7) is 3.30. The van der Waals surface area contributed by atoms with Crippen LogP contribution in [-0.4, -0.2) is 108 Å². The Kier molecular flexibility index (Phi) is 9.31. The van der Waals surface area contributed by atoms with Crippen molar-refractivity contribution in [2.75, 3.05) is 30.4 Å². The highest BCUT2D eigenvalue weighted by Crippen LogP contribution is 2.41. The molecule has 0 bridgehead atoms. The first-order chi connectivity index (χ1) is 19.5. The number of hydrogen-bond donors (Lipinski definition) is 6. The molecule has 16 nitrogen and oxygen atoms in total. The van der Waals surface area contributed by atoms with Gasteiger partial charge < -0.3 is 36.7 Å². The molecular weight excluding hydrogens is 598 g/mol. The van der Waals surface area contributed by atoms with Gasteiger partial charge in [-0.2, -0.15) is 0 Å². The third-order valence-corrected chi connectivity index (χ3v) is 8.93. The van der Waals surface area contributed by atoms with Crippen molar-refractivity contribution in [1.82, 2.24) is 20.1 Å². The Morgan fingerprint density at radius 3 is 2.78 bits per heavy atom. The van der Waals surface area contributed by atoms with Gasteiger partial charge in [0.1, 0.15) is 28.6 Å². The molecule has 1 saturated heterocycles. The number of nitrogen functional groups attached to an aromatic ring is 1. The van der Waals surface area contributed by atoms with Gasteiger partial charge in [-0.25, -0.2) is 19.6 Å². The second-order valence-electron chi connectivity index (χ2n) is 8.64. The molecule has 2 unspecified atom stereocenters. The normalized spacial score (nSPS) is 22.5. The maximum absolute atomic E-state index is 13.1. The number of carboxylic acid groups (broad SMARTS) is 2. The van der Waals surface area contributed by atoms with Crippen molar-refractivity contribution in [2.45, 2.75) is 24.0 Å². The van der Waals surface area contributed by atoms with Gasteiger partial charge in [-0.05, 0) is 5.57 Å². The van der Waals surface area contributed by atoms with Crippen LogP contribution in [0.15, 0.2) is 39.5 Å². The van der Waals surface area contributed by atoms with E-state index in [1.165, 1.54) is 28.9 Å². The lowest BCUT2D eigenvalue weighted by Gasteiger charge is -2.49. The minimum absolute atomic E-state index is 0.0182. The molecule has 0 radical (unpaired) electrons.